The summed E-state index contributed by atoms with van der Waals surface area (Å²) in [5, 5.41) is 21.8. The molecular weight excluding hydrogens is 280 g/mol. The number of rotatable bonds is 4. The number of nitrogens with zero attached hydrogens (tertiary/aromatic N) is 1. The standard InChI is InChI=1S/C13H16N2O4S/c1-13(2,3)19-12(18)15-10(11(16)17)5-9-4-8(6-14)7-20-9/h4,7,10H,5H2,1-3H3,(H,15,18)(H,16,17)/t10-/m1/s1. The molecule has 2 N–H and O–H groups in total. The summed E-state index contributed by atoms with van der Waals surface area (Å²) >= 11 is 1.28. The molecule has 0 saturated carbocycles. The lowest BCUT2D eigenvalue weighted by atomic mass is 10.1. The maximum atomic E-state index is 11.6. The molecule has 6 nitrogen and oxygen atoms in total. The van der Waals surface area contributed by atoms with E-state index in [2.05, 4.69) is 5.32 Å². The zero-order chi connectivity index (χ0) is 15.3. The van der Waals surface area contributed by atoms with Crippen molar-refractivity contribution in [3.05, 3.63) is 21.9 Å². The van der Waals surface area contributed by atoms with Crippen LogP contribution in [0.25, 0.3) is 0 Å². The normalized spacial score (nSPS) is 12.3. The molecule has 0 spiro atoms. The van der Waals surface area contributed by atoms with Crippen molar-refractivity contribution in [2.24, 2.45) is 0 Å². The molecule has 1 atom stereocenters. The van der Waals surface area contributed by atoms with Crippen LogP contribution in [0.3, 0.4) is 0 Å². The molecule has 0 fully saturated rings. The number of nitriles is 1. The highest BCUT2D eigenvalue weighted by Gasteiger charge is 2.24. The maximum Gasteiger partial charge on any atom is 0.408 e. The number of nitrogens with one attached hydrogen (secondary N) is 1. The van der Waals surface area contributed by atoms with Gasteiger partial charge in [0.15, 0.2) is 0 Å². The summed E-state index contributed by atoms with van der Waals surface area (Å²) in [7, 11) is 0. The van der Waals surface area contributed by atoms with Crippen molar-refractivity contribution < 1.29 is 19.4 Å². The minimum atomic E-state index is -1.15. The van der Waals surface area contributed by atoms with Crippen LogP contribution < -0.4 is 5.32 Å². The Labute approximate surface area is 121 Å². The third-order valence-electron chi connectivity index (χ3n) is 2.18. The molecule has 0 aromatic carbocycles. The predicted molar refractivity (Wildman–Crippen MR) is 73.5 cm³/mol. The Morgan fingerprint density at radius 1 is 1.55 bits per heavy atom. The van der Waals surface area contributed by atoms with Gasteiger partial charge >= 0.3 is 12.1 Å². The molecule has 7 heteroatoms. The van der Waals surface area contributed by atoms with Crippen LogP contribution >= 0.6 is 11.3 Å². The number of amides is 1. The van der Waals surface area contributed by atoms with Crippen molar-refractivity contribution in [2.45, 2.75) is 38.8 Å². The van der Waals surface area contributed by atoms with Crippen LogP contribution in [-0.2, 0) is 16.0 Å². The fourth-order valence-corrected chi connectivity index (χ4v) is 2.25. The Morgan fingerprint density at radius 3 is 2.65 bits per heavy atom. The summed E-state index contributed by atoms with van der Waals surface area (Å²) in [6.45, 7) is 5.09. The van der Waals surface area contributed by atoms with E-state index >= 15 is 0 Å². The average molecular weight is 296 g/mol. The topological polar surface area (TPSA) is 99.4 Å². The van der Waals surface area contributed by atoms with Gasteiger partial charge in [0.2, 0.25) is 0 Å². The first kappa shape index (κ1) is 16.0. The molecule has 0 radical (unpaired) electrons. The molecule has 1 aromatic heterocycles. The van der Waals surface area contributed by atoms with Gasteiger partial charge in [0.25, 0.3) is 0 Å². The van der Waals surface area contributed by atoms with Crippen LogP contribution in [0, 0.1) is 11.3 Å². The highest BCUT2D eigenvalue weighted by molar-refractivity contribution is 7.10. The fourth-order valence-electron chi connectivity index (χ4n) is 1.40. The summed E-state index contributed by atoms with van der Waals surface area (Å²) < 4.78 is 5.02. The van der Waals surface area contributed by atoms with E-state index in [0.717, 1.165) is 0 Å². The Morgan fingerprint density at radius 2 is 2.20 bits per heavy atom. The van der Waals surface area contributed by atoms with Gasteiger partial charge in [-0.15, -0.1) is 11.3 Å². The van der Waals surface area contributed by atoms with Gasteiger partial charge in [-0.05, 0) is 26.8 Å². The summed E-state index contributed by atoms with van der Waals surface area (Å²) in [5.41, 5.74) is -0.212. The summed E-state index contributed by atoms with van der Waals surface area (Å²) in [5.74, 6) is -1.15. The Balaban J connectivity index is 2.68. The second kappa shape index (κ2) is 6.39. The lowest BCUT2D eigenvalue weighted by molar-refractivity contribution is -0.139. The lowest BCUT2D eigenvalue weighted by Crippen LogP contribution is -2.44. The molecule has 1 rings (SSSR count). The van der Waals surface area contributed by atoms with Gasteiger partial charge in [-0.1, -0.05) is 0 Å². The minimum Gasteiger partial charge on any atom is -0.480 e. The SMILES string of the molecule is CC(C)(C)OC(=O)N[C@H](Cc1cc(C#N)cs1)C(=O)O. The zero-order valence-electron chi connectivity index (χ0n) is 11.5. The first-order valence-electron chi connectivity index (χ1n) is 5.91. The molecular formula is C13H16N2O4S. The summed E-state index contributed by atoms with van der Waals surface area (Å²) in [6, 6.07) is 2.49. The van der Waals surface area contributed by atoms with Crippen molar-refractivity contribution in [1.29, 1.82) is 5.26 Å². The van der Waals surface area contributed by atoms with E-state index in [9.17, 15) is 9.59 Å². The van der Waals surface area contributed by atoms with Crippen LogP contribution in [0.2, 0.25) is 0 Å². The van der Waals surface area contributed by atoms with E-state index in [1.807, 2.05) is 6.07 Å². The number of ether oxygens (including phenoxy) is 1. The highest BCUT2D eigenvalue weighted by Crippen LogP contribution is 2.16. The van der Waals surface area contributed by atoms with E-state index in [1.54, 1.807) is 32.2 Å². The molecule has 1 heterocycles. The van der Waals surface area contributed by atoms with Crippen molar-refractivity contribution in [2.75, 3.05) is 0 Å². The highest BCUT2D eigenvalue weighted by atomic mass is 32.1. The molecule has 0 aliphatic rings. The number of carboxylic acid groups (broad SMARTS) is 1. The van der Waals surface area contributed by atoms with E-state index in [0.29, 0.717) is 10.4 Å². The second-order valence-electron chi connectivity index (χ2n) is 5.15. The summed E-state index contributed by atoms with van der Waals surface area (Å²) in [6.07, 6.45) is -0.664. The first-order chi connectivity index (χ1) is 9.21. The van der Waals surface area contributed by atoms with E-state index in [4.69, 9.17) is 15.1 Å². The van der Waals surface area contributed by atoms with Crippen molar-refractivity contribution in [1.82, 2.24) is 5.32 Å². The molecule has 0 aliphatic carbocycles. The molecule has 0 unspecified atom stereocenters. The number of thiophene rings is 1. The summed E-state index contributed by atoms with van der Waals surface area (Å²) in [4.78, 5) is 23.4. The third-order valence-corrected chi connectivity index (χ3v) is 3.14. The van der Waals surface area contributed by atoms with Gasteiger partial charge in [-0.25, -0.2) is 9.59 Å². The smallest absolute Gasteiger partial charge is 0.408 e. The van der Waals surface area contributed by atoms with Gasteiger partial charge in [-0.3, -0.25) is 0 Å². The number of hydrogen-bond acceptors (Lipinski definition) is 5. The molecule has 0 saturated heterocycles. The molecule has 108 valence electrons. The number of hydrogen-bond donors (Lipinski definition) is 2. The van der Waals surface area contributed by atoms with Gasteiger partial charge in [0.1, 0.15) is 17.7 Å². The monoisotopic (exact) mass is 296 g/mol. The minimum absolute atomic E-state index is 0.112. The molecule has 0 bridgehead atoms. The van der Waals surface area contributed by atoms with Gasteiger partial charge < -0.3 is 15.2 Å². The Hall–Kier alpha value is -2.07. The molecule has 20 heavy (non-hydrogen) atoms. The third kappa shape index (κ3) is 5.28. The van der Waals surface area contributed by atoms with Crippen LogP contribution in [0.15, 0.2) is 11.4 Å². The van der Waals surface area contributed by atoms with Crippen molar-refractivity contribution in [3.63, 3.8) is 0 Å². The number of carbonyl (C=O) groups is 2. The number of carboxylic acids is 1. The largest absolute Gasteiger partial charge is 0.480 e. The maximum absolute atomic E-state index is 11.6. The van der Waals surface area contributed by atoms with Crippen molar-refractivity contribution >= 4 is 23.4 Å². The number of alkyl carbamates (subject to hydrolysis) is 1. The molecule has 1 aromatic rings. The van der Waals surface area contributed by atoms with E-state index < -0.39 is 23.7 Å². The molecule has 1 amide bonds. The number of carbonyl (C=O) groups excluding carboxylic acids is 1. The first-order valence-corrected chi connectivity index (χ1v) is 6.79. The molecule has 0 aliphatic heterocycles. The van der Waals surface area contributed by atoms with Gasteiger partial charge in [0, 0.05) is 16.7 Å². The quantitative estimate of drug-likeness (QED) is 0.886. The van der Waals surface area contributed by atoms with Gasteiger partial charge in [-0.2, -0.15) is 5.26 Å². The average Bonchev–Trinajstić information content (AvgIpc) is 2.73. The zero-order valence-corrected chi connectivity index (χ0v) is 12.3. The Bertz CT molecular complexity index is 539. The van der Waals surface area contributed by atoms with Crippen molar-refractivity contribution in [3.8, 4) is 6.07 Å². The van der Waals surface area contributed by atoms with Crippen LogP contribution in [0.5, 0.6) is 0 Å². The van der Waals surface area contributed by atoms with E-state index in [1.165, 1.54) is 11.3 Å². The van der Waals surface area contributed by atoms with Crippen LogP contribution in [0.4, 0.5) is 4.79 Å². The van der Waals surface area contributed by atoms with Gasteiger partial charge in [0.05, 0.1) is 5.56 Å². The Kier molecular flexibility index (Phi) is 5.11. The lowest BCUT2D eigenvalue weighted by Gasteiger charge is -2.21. The predicted octanol–water partition coefficient (Wildman–Crippen LogP) is 2.14. The number of aliphatic carboxylic acids is 1. The van der Waals surface area contributed by atoms with Crippen LogP contribution in [-0.4, -0.2) is 28.8 Å². The van der Waals surface area contributed by atoms with Crippen LogP contribution in [0.1, 0.15) is 31.2 Å². The van der Waals surface area contributed by atoms with E-state index in [-0.39, 0.29) is 6.42 Å². The second-order valence-corrected chi connectivity index (χ2v) is 6.15. The fraction of sp³-hybridized carbons (Fsp3) is 0.462.